The third-order valence-corrected chi connectivity index (χ3v) is 4.47. The maximum absolute atomic E-state index is 12.1. The van der Waals surface area contributed by atoms with Crippen molar-refractivity contribution in [1.29, 1.82) is 0 Å². The average molecular weight is 343 g/mol. The van der Waals surface area contributed by atoms with E-state index in [4.69, 9.17) is 11.6 Å². The van der Waals surface area contributed by atoms with Crippen molar-refractivity contribution in [3.8, 4) is 0 Å². The van der Waals surface area contributed by atoms with Gasteiger partial charge in [0.2, 0.25) is 11.8 Å². The van der Waals surface area contributed by atoms with Gasteiger partial charge >= 0.3 is 0 Å². The number of hydrogen-bond donors (Lipinski definition) is 1. The molecule has 1 aliphatic rings. The van der Waals surface area contributed by atoms with Crippen LogP contribution in [0.25, 0.3) is 0 Å². The number of nitrogens with zero attached hydrogens (tertiary/aromatic N) is 1. The third kappa shape index (κ3) is 3.77. The Morgan fingerprint density at radius 3 is 2.79 bits per heavy atom. The Bertz CT molecular complexity index is 789. The highest BCUT2D eigenvalue weighted by Gasteiger charge is 2.20. The molecule has 1 heterocycles. The molecule has 0 spiro atoms. The number of carbonyl (C=O) groups excluding carboxylic acids is 2. The van der Waals surface area contributed by atoms with E-state index in [1.165, 1.54) is 0 Å². The molecule has 0 radical (unpaired) electrons. The van der Waals surface area contributed by atoms with Crippen LogP contribution in [0.2, 0.25) is 5.02 Å². The lowest BCUT2D eigenvalue weighted by Gasteiger charge is -2.26. The summed E-state index contributed by atoms with van der Waals surface area (Å²) in [5, 5.41) is 3.56. The van der Waals surface area contributed by atoms with Crippen LogP contribution in [0.4, 0.5) is 5.69 Å². The molecule has 5 heteroatoms. The van der Waals surface area contributed by atoms with E-state index in [0.717, 1.165) is 28.8 Å². The van der Waals surface area contributed by atoms with Gasteiger partial charge in [-0.25, -0.2) is 0 Å². The van der Waals surface area contributed by atoms with Gasteiger partial charge in [0.05, 0.1) is 6.42 Å². The fourth-order valence-electron chi connectivity index (χ4n) is 2.92. The van der Waals surface area contributed by atoms with Crippen molar-refractivity contribution in [2.45, 2.75) is 25.8 Å². The molecular weight excluding hydrogens is 324 g/mol. The molecule has 0 aliphatic carbocycles. The first kappa shape index (κ1) is 16.5. The molecule has 4 nitrogen and oxygen atoms in total. The van der Waals surface area contributed by atoms with Crippen LogP contribution >= 0.6 is 11.6 Å². The van der Waals surface area contributed by atoms with Crippen molar-refractivity contribution >= 4 is 29.1 Å². The number of aryl methyl sites for hydroxylation is 1. The zero-order valence-corrected chi connectivity index (χ0v) is 14.3. The molecule has 0 saturated heterocycles. The van der Waals surface area contributed by atoms with E-state index in [2.05, 4.69) is 11.4 Å². The summed E-state index contributed by atoms with van der Waals surface area (Å²) in [5.74, 6) is 0.104. The molecular formula is C19H19ClN2O2. The second-order valence-corrected chi connectivity index (χ2v) is 6.44. The van der Waals surface area contributed by atoms with Crippen LogP contribution in [0.15, 0.2) is 42.5 Å². The lowest BCUT2D eigenvalue weighted by Crippen LogP contribution is -2.31. The Kier molecular flexibility index (Phi) is 4.86. The molecule has 0 bridgehead atoms. The molecule has 0 fully saturated rings. The molecule has 124 valence electrons. The maximum atomic E-state index is 12.1. The largest absolute Gasteiger partial charge is 0.352 e. The van der Waals surface area contributed by atoms with Gasteiger partial charge in [-0.1, -0.05) is 35.9 Å². The number of halogens is 1. The normalized spacial score (nSPS) is 13.6. The quantitative estimate of drug-likeness (QED) is 0.928. The van der Waals surface area contributed by atoms with E-state index in [0.29, 0.717) is 24.4 Å². The van der Waals surface area contributed by atoms with E-state index in [1.807, 2.05) is 24.3 Å². The molecule has 0 saturated carbocycles. The zero-order chi connectivity index (χ0) is 17.1. The molecule has 2 aromatic carbocycles. The second-order valence-electron chi connectivity index (χ2n) is 6.00. The van der Waals surface area contributed by atoms with E-state index < -0.39 is 0 Å². The summed E-state index contributed by atoms with van der Waals surface area (Å²) in [6, 6.07) is 13.3. The monoisotopic (exact) mass is 342 g/mol. The summed E-state index contributed by atoms with van der Waals surface area (Å²) < 4.78 is 0. The van der Waals surface area contributed by atoms with Gasteiger partial charge in [0, 0.05) is 30.7 Å². The predicted octanol–water partition coefficient (Wildman–Crippen LogP) is 3.11. The van der Waals surface area contributed by atoms with Crippen LogP contribution in [0, 0.1) is 0 Å². The van der Waals surface area contributed by atoms with Crippen LogP contribution in [0.1, 0.15) is 23.1 Å². The van der Waals surface area contributed by atoms with Crippen molar-refractivity contribution in [3.63, 3.8) is 0 Å². The number of hydrogen-bond acceptors (Lipinski definition) is 2. The number of rotatable bonds is 4. The van der Waals surface area contributed by atoms with E-state index in [9.17, 15) is 9.59 Å². The summed E-state index contributed by atoms with van der Waals surface area (Å²) in [6.45, 7) is 0.477. The van der Waals surface area contributed by atoms with Gasteiger partial charge in [-0.15, -0.1) is 0 Å². The fourth-order valence-corrected chi connectivity index (χ4v) is 3.13. The molecule has 1 aliphatic heterocycles. The lowest BCUT2D eigenvalue weighted by atomic mass is 9.99. The number of anilines is 1. The minimum atomic E-state index is -0.0396. The van der Waals surface area contributed by atoms with Crippen LogP contribution < -0.4 is 10.2 Å². The first-order valence-electron chi connectivity index (χ1n) is 7.92. The van der Waals surface area contributed by atoms with E-state index in [1.54, 1.807) is 24.1 Å². The van der Waals surface area contributed by atoms with Gasteiger partial charge < -0.3 is 10.2 Å². The summed E-state index contributed by atoms with van der Waals surface area (Å²) in [7, 11) is 1.80. The summed E-state index contributed by atoms with van der Waals surface area (Å²) in [5.41, 5.74) is 4.04. The fraction of sp³-hybridized carbons (Fsp3) is 0.263. The van der Waals surface area contributed by atoms with Gasteiger partial charge in [0.1, 0.15) is 0 Å². The molecule has 1 N–H and O–H groups in total. The number of nitrogens with one attached hydrogen (secondary N) is 1. The average Bonchev–Trinajstić information content (AvgIpc) is 2.56. The number of fused-ring (bicyclic) bond motifs is 1. The highest BCUT2D eigenvalue weighted by molar-refractivity contribution is 6.30. The Morgan fingerprint density at radius 1 is 1.17 bits per heavy atom. The number of amides is 2. The topological polar surface area (TPSA) is 49.4 Å². The summed E-state index contributed by atoms with van der Waals surface area (Å²) in [6.07, 6.45) is 1.60. The van der Waals surface area contributed by atoms with Gasteiger partial charge in [-0.2, -0.15) is 0 Å². The van der Waals surface area contributed by atoms with E-state index in [-0.39, 0.29) is 11.8 Å². The molecule has 2 amide bonds. The molecule has 3 rings (SSSR count). The Labute approximate surface area is 146 Å². The van der Waals surface area contributed by atoms with E-state index >= 15 is 0 Å². The first-order valence-corrected chi connectivity index (χ1v) is 8.30. The summed E-state index contributed by atoms with van der Waals surface area (Å²) >= 11 is 5.93. The minimum absolute atomic E-state index is 0.0396. The van der Waals surface area contributed by atoms with Gasteiger partial charge in [0.25, 0.3) is 0 Å². The minimum Gasteiger partial charge on any atom is -0.352 e. The lowest BCUT2D eigenvalue weighted by molar-refractivity contribution is -0.120. The Balaban J connectivity index is 1.61. The highest BCUT2D eigenvalue weighted by atomic mass is 35.5. The van der Waals surface area contributed by atoms with Crippen LogP contribution in [-0.2, 0) is 29.0 Å². The Hall–Kier alpha value is -2.33. The first-order chi connectivity index (χ1) is 11.5. The van der Waals surface area contributed by atoms with Crippen molar-refractivity contribution in [1.82, 2.24) is 5.32 Å². The van der Waals surface area contributed by atoms with Crippen LogP contribution in [0.5, 0.6) is 0 Å². The highest BCUT2D eigenvalue weighted by Crippen LogP contribution is 2.27. The Morgan fingerprint density at radius 2 is 2.00 bits per heavy atom. The third-order valence-electron chi connectivity index (χ3n) is 4.23. The van der Waals surface area contributed by atoms with Gasteiger partial charge in [-0.05, 0) is 41.3 Å². The SMILES string of the molecule is CN1C(=O)CCc2cc(CNC(=O)Cc3cccc(Cl)c3)ccc21. The van der Waals surface area contributed by atoms with Crippen LogP contribution in [0.3, 0.4) is 0 Å². The predicted molar refractivity (Wildman–Crippen MR) is 95.2 cm³/mol. The second kappa shape index (κ2) is 7.05. The number of carbonyl (C=O) groups is 2. The standard InChI is InChI=1S/C19H19ClN2O2/c1-22-17-7-5-14(9-15(17)6-8-19(22)24)12-21-18(23)11-13-3-2-4-16(20)10-13/h2-5,7,9-10H,6,8,11-12H2,1H3,(H,21,23). The number of benzene rings is 2. The van der Waals surface area contributed by atoms with Gasteiger partial charge in [-0.3, -0.25) is 9.59 Å². The maximum Gasteiger partial charge on any atom is 0.227 e. The smallest absolute Gasteiger partial charge is 0.227 e. The molecule has 2 aromatic rings. The van der Waals surface area contributed by atoms with Crippen molar-refractivity contribution in [3.05, 3.63) is 64.2 Å². The molecule has 0 atom stereocenters. The van der Waals surface area contributed by atoms with Crippen molar-refractivity contribution in [2.24, 2.45) is 0 Å². The molecule has 24 heavy (non-hydrogen) atoms. The zero-order valence-electron chi connectivity index (χ0n) is 13.5. The van der Waals surface area contributed by atoms with Crippen LogP contribution in [-0.4, -0.2) is 18.9 Å². The summed E-state index contributed by atoms with van der Waals surface area (Å²) in [4.78, 5) is 25.5. The van der Waals surface area contributed by atoms with Gasteiger partial charge in [0.15, 0.2) is 0 Å². The molecule has 0 aromatic heterocycles. The molecule has 0 unspecified atom stereocenters. The van der Waals surface area contributed by atoms with Crippen molar-refractivity contribution in [2.75, 3.05) is 11.9 Å². The van der Waals surface area contributed by atoms with Crippen molar-refractivity contribution < 1.29 is 9.59 Å².